The fourth-order valence-electron chi connectivity index (χ4n) is 1.15. The van der Waals surface area contributed by atoms with Crippen LogP contribution in [0.2, 0.25) is 0 Å². The van der Waals surface area contributed by atoms with Gasteiger partial charge in [0.15, 0.2) is 5.96 Å². The van der Waals surface area contributed by atoms with Gasteiger partial charge >= 0.3 is 0 Å². The molecule has 0 aliphatic rings. The van der Waals surface area contributed by atoms with Crippen LogP contribution in [0.4, 0.5) is 0 Å². The molecule has 0 saturated carbocycles. The molecule has 0 spiro atoms. The summed E-state index contributed by atoms with van der Waals surface area (Å²) >= 11 is 3.43. The molecule has 1 aromatic rings. The van der Waals surface area contributed by atoms with Crippen molar-refractivity contribution in [1.29, 1.82) is 0 Å². The maximum absolute atomic E-state index is 5.48. The van der Waals surface area contributed by atoms with Crippen molar-refractivity contribution in [2.75, 3.05) is 0 Å². The third-order valence-electron chi connectivity index (χ3n) is 1.89. The highest BCUT2D eigenvalue weighted by molar-refractivity contribution is 9.10. The summed E-state index contributed by atoms with van der Waals surface area (Å²) in [5.74, 6) is -0.00573. The number of aryl methyl sites for hydroxylation is 1. The van der Waals surface area contributed by atoms with Crippen molar-refractivity contribution in [3.05, 3.63) is 33.8 Å². The molecule has 0 heterocycles. The number of aliphatic imine (C=N–C) groups is 2. The first-order chi connectivity index (χ1) is 7.49. The average Bonchev–Trinajstić information content (AvgIpc) is 2.19. The zero-order chi connectivity index (χ0) is 12.1. The van der Waals surface area contributed by atoms with Crippen LogP contribution in [0.25, 0.3) is 0 Å². The van der Waals surface area contributed by atoms with E-state index in [0.29, 0.717) is 6.54 Å². The number of guanidine groups is 2. The van der Waals surface area contributed by atoms with Crippen LogP contribution in [0, 0.1) is 6.92 Å². The first-order valence-electron chi connectivity index (χ1n) is 4.63. The van der Waals surface area contributed by atoms with Gasteiger partial charge in [0.25, 0.3) is 0 Å². The molecule has 0 unspecified atom stereocenters. The minimum absolute atomic E-state index is 0.0839. The van der Waals surface area contributed by atoms with Crippen molar-refractivity contribution < 1.29 is 0 Å². The molecule has 0 bridgehead atoms. The van der Waals surface area contributed by atoms with E-state index in [1.165, 1.54) is 0 Å². The Balaban J connectivity index is 2.75. The number of hydrogen-bond acceptors (Lipinski definition) is 1. The maximum atomic E-state index is 5.48. The van der Waals surface area contributed by atoms with Gasteiger partial charge in [-0.2, -0.15) is 4.99 Å². The normalized spacial score (nSPS) is 11.2. The van der Waals surface area contributed by atoms with Gasteiger partial charge in [-0.15, -0.1) is 0 Å². The predicted molar refractivity (Wildman–Crippen MR) is 70.0 cm³/mol. The first-order valence-corrected chi connectivity index (χ1v) is 5.43. The molecule has 1 aromatic carbocycles. The van der Waals surface area contributed by atoms with Gasteiger partial charge in [-0.05, 0) is 24.1 Å². The lowest BCUT2D eigenvalue weighted by Gasteiger charge is -2.01. The van der Waals surface area contributed by atoms with Gasteiger partial charge in [-0.3, -0.25) is 0 Å². The summed E-state index contributed by atoms with van der Waals surface area (Å²) in [6, 6.07) is 5.96. The fourth-order valence-corrected chi connectivity index (χ4v) is 1.39. The Hall–Kier alpha value is -1.56. The molecule has 0 aromatic heterocycles. The first kappa shape index (κ1) is 12.5. The predicted octanol–water partition coefficient (Wildman–Crippen LogP) is 0.846. The van der Waals surface area contributed by atoms with Crippen molar-refractivity contribution in [3.63, 3.8) is 0 Å². The summed E-state index contributed by atoms with van der Waals surface area (Å²) in [4.78, 5) is 7.66. The highest BCUT2D eigenvalue weighted by Gasteiger charge is 1.97. The molecular weight excluding hydrogens is 270 g/mol. The van der Waals surface area contributed by atoms with E-state index in [9.17, 15) is 0 Å². The van der Waals surface area contributed by atoms with Gasteiger partial charge in [0.05, 0.1) is 6.54 Å². The van der Waals surface area contributed by atoms with E-state index in [-0.39, 0.29) is 11.9 Å². The lowest BCUT2D eigenvalue weighted by molar-refractivity contribution is 1.05. The molecule has 1 rings (SSSR count). The molecular formula is C10H14BrN5. The number of halogens is 1. The van der Waals surface area contributed by atoms with E-state index < -0.39 is 0 Å². The van der Waals surface area contributed by atoms with Gasteiger partial charge < -0.3 is 17.2 Å². The van der Waals surface area contributed by atoms with Gasteiger partial charge in [-0.25, -0.2) is 4.99 Å². The van der Waals surface area contributed by atoms with Crippen molar-refractivity contribution in [2.24, 2.45) is 27.2 Å². The number of nitrogens with two attached hydrogens (primary N) is 3. The maximum Gasteiger partial charge on any atom is 0.218 e. The third kappa shape index (κ3) is 3.90. The van der Waals surface area contributed by atoms with E-state index in [4.69, 9.17) is 17.2 Å². The highest BCUT2D eigenvalue weighted by atomic mass is 79.9. The van der Waals surface area contributed by atoms with Crippen LogP contribution in [0.3, 0.4) is 0 Å². The molecule has 0 aliphatic heterocycles. The highest BCUT2D eigenvalue weighted by Crippen LogP contribution is 2.17. The quantitative estimate of drug-likeness (QED) is 0.554. The van der Waals surface area contributed by atoms with Crippen molar-refractivity contribution >= 4 is 27.8 Å². The summed E-state index contributed by atoms with van der Waals surface area (Å²) in [6.45, 7) is 2.47. The number of hydrogen-bond donors (Lipinski definition) is 3. The standard InChI is InChI=1S/C10H14BrN5/c1-6-4-7(2-3-8(6)11)5-15-10(14)16-9(12)13/h2-4H,5H2,1H3,(H6,12,13,14,15,16). The molecule has 0 saturated heterocycles. The molecule has 6 N–H and O–H groups in total. The number of nitrogens with zero attached hydrogens (tertiary/aromatic N) is 2. The lowest BCUT2D eigenvalue weighted by atomic mass is 10.1. The Morgan fingerprint density at radius 2 is 2.00 bits per heavy atom. The monoisotopic (exact) mass is 283 g/mol. The second-order valence-corrected chi connectivity index (χ2v) is 4.15. The van der Waals surface area contributed by atoms with Crippen LogP contribution in [-0.4, -0.2) is 11.9 Å². The number of benzene rings is 1. The van der Waals surface area contributed by atoms with Crippen molar-refractivity contribution in [3.8, 4) is 0 Å². The van der Waals surface area contributed by atoms with Crippen LogP contribution in [-0.2, 0) is 6.54 Å². The van der Waals surface area contributed by atoms with E-state index >= 15 is 0 Å². The molecule has 0 aliphatic carbocycles. The van der Waals surface area contributed by atoms with Crippen molar-refractivity contribution in [2.45, 2.75) is 13.5 Å². The van der Waals surface area contributed by atoms with E-state index in [1.807, 2.05) is 25.1 Å². The molecule has 0 fully saturated rings. The SMILES string of the molecule is Cc1cc(CN=C(N)N=C(N)N)ccc1Br. The Labute approximate surface area is 103 Å². The summed E-state index contributed by atoms with van der Waals surface area (Å²) in [5, 5.41) is 0. The van der Waals surface area contributed by atoms with E-state index in [1.54, 1.807) is 0 Å². The Morgan fingerprint density at radius 3 is 2.56 bits per heavy atom. The molecule has 5 nitrogen and oxygen atoms in total. The fraction of sp³-hybridized carbons (Fsp3) is 0.200. The molecule has 6 heteroatoms. The Morgan fingerprint density at radius 1 is 1.31 bits per heavy atom. The molecule has 16 heavy (non-hydrogen) atoms. The largest absolute Gasteiger partial charge is 0.370 e. The zero-order valence-electron chi connectivity index (χ0n) is 8.94. The smallest absolute Gasteiger partial charge is 0.218 e. The molecule has 0 radical (unpaired) electrons. The van der Waals surface area contributed by atoms with Crippen LogP contribution in [0.1, 0.15) is 11.1 Å². The van der Waals surface area contributed by atoms with Gasteiger partial charge in [-0.1, -0.05) is 28.1 Å². The van der Waals surface area contributed by atoms with Crippen LogP contribution < -0.4 is 17.2 Å². The second-order valence-electron chi connectivity index (χ2n) is 3.29. The van der Waals surface area contributed by atoms with Crippen LogP contribution >= 0.6 is 15.9 Å². The zero-order valence-corrected chi connectivity index (χ0v) is 10.5. The average molecular weight is 284 g/mol. The second kappa shape index (κ2) is 5.50. The Bertz CT molecular complexity index is 435. The molecule has 0 atom stereocenters. The van der Waals surface area contributed by atoms with Crippen LogP contribution in [0.15, 0.2) is 32.7 Å². The minimum Gasteiger partial charge on any atom is -0.370 e. The topological polar surface area (TPSA) is 103 Å². The van der Waals surface area contributed by atoms with Crippen molar-refractivity contribution in [1.82, 2.24) is 0 Å². The number of rotatable bonds is 2. The Kier molecular flexibility index (Phi) is 4.30. The lowest BCUT2D eigenvalue weighted by Crippen LogP contribution is -2.26. The van der Waals surface area contributed by atoms with E-state index in [0.717, 1.165) is 15.6 Å². The minimum atomic E-state index is -0.0896. The van der Waals surface area contributed by atoms with Crippen LogP contribution in [0.5, 0.6) is 0 Å². The van der Waals surface area contributed by atoms with Gasteiger partial charge in [0, 0.05) is 4.47 Å². The molecule has 0 amide bonds. The third-order valence-corrected chi connectivity index (χ3v) is 2.78. The van der Waals surface area contributed by atoms with Gasteiger partial charge in [0.2, 0.25) is 5.96 Å². The molecule has 86 valence electrons. The summed E-state index contributed by atoms with van der Waals surface area (Å²) in [7, 11) is 0. The van der Waals surface area contributed by atoms with E-state index in [2.05, 4.69) is 25.9 Å². The van der Waals surface area contributed by atoms with Gasteiger partial charge in [0.1, 0.15) is 0 Å². The summed E-state index contributed by atoms with van der Waals surface area (Å²) in [5.41, 5.74) is 18.0. The summed E-state index contributed by atoms with van der Waals surface area (Å²) < 4.78 is 1.07. The summed E-state index contributed by atoms with van der Waals surface area (Å²) in [6.07, 6.45) is 0.